The second-order valence-electron chi connectivity index (χ2n) is 6.76. The maximum absolute atomic E-state index is 13.4. The second kappa shape index (κ2) is 9.96. The third-order valence-corrected chi connectivity index (χ3v) is 5.62. The third kappa shape index (κ3) is 5.13. The normalized spacial score (nSPS) is 10.4. The van der Waals surface area contributed by atoms with Crippen LogP contribution in [0.2, 0.25) is 0 Å². The van der Waals surface area contributed by atoms with Gasteiger partial charge in [0.1, 0.15) is 11.8 Å². The van der Waals surface area contributed by atoms with E-state index in [1.165, 1.54) is 22.3 Å². The smallest absolute Gasteiger partial charge is 0.358 e. The minimum absolute atomic E-state index is 0.211. The molecule has 31 heavy (non-hydrogen) atoms. The Labute approximate surface area is 184 Å². The molecule has 0 saturated carbocycles. The first-order chi connectivity index (χ1) is 14.9. The van der Waals surface area contributed by atoms with Gasteiger partial charge >= 0.3 is 5.97 Å². The molecule has 7 nitrogen and oxygen atoms in total. The van der Waals surface area contributed by atoms with E-state index < -0.39 is 5.97 Å². The van der Waals surface area contributed by atoms with Crippen molar-refractivity contribution >= 4 is 28.3 Å². The first-order valence-corrected chi connectivity index (χ1v) is 10.6. The molecule has 2 aromatic heterocycles. The summed E-state index contributed by atoms with van der Waals surface area (Å²) in [7, 11) is 0. The van der Waals surface area contributed by atoms with Gasteiger partial charge in [-0.2, -0.15) is 5.26 Å². The van der Waals surface area contributed by atoms with Crippen molar-refractivity contribution in [2.75, 3.05) is 18.1 Å². The summed E-state index contributed by atoms with van der Waals surface area (Å²) in [6.45, 7) is 5.80. The Kier molecular flexibility index (Phi) is 7.11. The zero-order valence-corrected chi connectivity index (χ0v) is 18.4. The molecule has 0 aliphatic rings. The van der Waals surface area contributed by atoms with E-state index in [2.05, 4.69) is 16.0 Å². The van der Waals surface area contributed by atoms with Crippen LogP contribution >= 0.6 is 11.3 Å². The highest BCUT2D eigenvalue weighted by Crippen LogP contribution is 2.28. The Hall–Kier alpha value is -3.57. The maximum Gasteiger partial charge on any atom is 0.358 e. The van der Waals surface area contributed by atoms with E-state index in [-0.39, 0.29) is 23.9 Å². The van der Waals surface area contributed by atoms with Gasteiger partial charge in [-0.05, 0) is 44.9 Å². The number of benzene rings is 1. The number of thiazole rings is 1. The van der Waals surface area contributed by atoms with Crippen LogP contribution in [0.15, 0.2) is 42.5 Å². The Balaban J connectivity index is 1.96. The quantitative estimate of drug-likeness (QED) is 0.520. The fourth-order valence-corrected chi connectivity index (χ4v) is 3.91. The van der Waals surface area contributed by atoms with Gasteiger partial charge in [-0.15, -0.1) is 11.3 Å². The lowest BCUT2D eigenvalue weighted by Gasteiger charge is -2.20. The van der Waals surface area contributed by atoms with Crippen molar-refractivity contribution in [3.63, 3.8) is 0 Å². The third-order valence-electron chi connectivity index (χ3n) is 4.62. The molecule has 1 aromatic carbocycles. The van der Waals surface area contributed by atoms with Gasteiger partial charge in [-0.1, -0.05) is 30.3 Å². The van der Waals surface area contributed by atoms with Crippen molar-refractivity contribution in [1.29, 1.82) is 5.26 Å². The molecule has 3 aromatic rings. The molecule has 0 spiro atoms. The molecule has 0 radical (unpaired) electrons. The van der Waals surface area contributed by atoms with Gasteiger partial charge in [0.25, 0.3) is 5.91 Å². The number of pyridine rings is 1. The van der Waals surface area contributed by atoms with Crippen LogP contribution in [0.25, 0.3) is 0 Å². The van der Waals surface area contributed by atoms with Gasteiger partial charge in [-0.3, -0.25) is 9.69 Å². The first kappa shape index (κ1) is 22.1. The summed E-state index contributed by atoms with van der Waals surface area (Å²) in [5, 5.41) is 9.54. The highest BCUT2D eigenvalue weighted by Gasteiger charge is 2.26. The van der Waals surface area contributed by atoms with Gasteiger partial charge in [0.2, 0.25) is 0 Å². The van der Waals surface area contributed by atoms with Gasteiger partial charge in [0.05, 0.1) is 17.9 Å². The van der Waals surface area contributed by atoms with Crippen LogP contribution < -0.4 is 4.90 Å². The Morgan fingerprint density at radius 3 is 2.52 bits per heavy atom. The summed E-state index contributed by atoms with van der Waals surface area (Å²) < 4.78 is 5.08. The highest BCUT2D eigenvalue weighted by molar-refractivity contribution is 7.16. The number of nitrogens with zero attached hydrogens (tertiary/aromatic N) is 4. The van der Waals surface area contributed by atoms with E-state index in [1.807, 2.05) is 30.3 Å². The van der Waals surface area contributed by atoms with E-state index in [0.717, 1.165) is 5.56 Å². The molecule has 1 amide bonds. The van der Waals surface area contributed by atoms with Crippen LogP contribution in [-0.4, -0.2) is 35.0 Å². The molecule has 0 aliphatic carbocycles. The van der Waals surface area contributed by atoms with Crippen molar-refractivity contribution in [1.82, 2.24) is 9.97 Å². The van der Waals surface area contributed by atoms with Gasteiger partial charge in [0, 0.05) is 11.4 Å². The van der Waals surface area contributed by atoms with Gasteiger partial charge in [-0.25, -0.2) is 14.8 Å². The number of aromatic nitrogens is 2. The number of carbonyl (C=O) groups excluding carboxylic acids is 2. The molecular formula is C23H22N4O3S. The number of amides is 1. The summed E-state index contributed by atoms with van der Waals surface area (Å²) in [6, 6.07) is 15.0. The van der Waals surface area contributed by atoms with Crippen molar-refractivity contribution < 1.29 is 14.3 Å². The van der Waals surface area contributed by atoms with E-state index in [4.69, 9.17) is 10.00 Å². The number of carbonyl (C=O) groups is 2. The predicted molar refractivity (Wildman–Crippen MR) is 118 cm³/mol. The molecule has 0 aliphatic heterocycles. The van der Waals surface area contributed by atoms with E-state index in [9.17, 15) is 9.59 Å². The average Bonchev–Trinajstić information content (AvgIpc) is 3.16. The van der Waals surface area contributed by atoms with Crippen molar-refractivity contribution in [3.8, 4) is 6.07 Å². The number of ether oxygens (including phenoxy) is 1. The molecule has 3 rings (SSSR count). The van der Waals surface area contributed by atoms with Crippen LogP contribution in [0.3, 0.4) is 0 Å². The average molecular weight is 435 g/mol. The molecule has 158 valence electrons. The molecule has 0 bridgehead atoms. The maximum atomic E-state index is 13.4. The molecule has 0 fully saturated rings. The summed E-state index contributed by atoms with van der Waals surface area (Å²) in [4.78, 5) is 36.5. The fourth-order valence-electron chi connectivity index (χ4n) is 2.99. The number of nitriles is 1. The summed E-state index contributed by atoms with van der Waals surface area (Å²) >= 11 is 1.26. The highest BCUT2D eigenvalue weighted by atomic mass is 32.1. The zero-order valence-electron chi connectivity index (χ0n) is 17.6. The predicted octanol–water partition coefficient (Wildman–Crippen LogP) is 4.09. The largest absolute Gasteiger partial charge is 0.461 e. The topological polar surface area (TPSA) is 96.2 Å². The van der Waals surface area contributed by atoms with Crippen LogP contribution in [0.4, 0.5) is 5.13 Å². The molecular weight excluding hydrogens is 412 g/mol. The number of hydrogen-bond donors (Lipinski definition) is 0. The summed E-state index contributed by atoms with van der Waals surface area (Å²) in [5.41, 5.74) is 2.41. The molecule has 0 saturated heterocycles. The van der Waals surface area contributed by atoms with E-state index in [1.54, 1.807) is 26.8 Å². The Morgan fingerprint density at radius 2 is 1.87 bits per heavy atom. The lowest BCUT2D eigenvalue weighted by atomic mass is 10.1. The number of hydrogen-bond acceptors (Lipinski definition) is 7. The Bertz CT molecular complexity index is 1140. The van der Waals surface area contributed by atoms with Crippen molar-refractivity contribution in [2.24, 2.45) is 0 Å². The van der Waals surface area contributed by atoms with Crippen LogP contribution in [0.5, 0.6) is 0 Å². The minimum atomic E-state index is -0.509. The number of rotatable bonds is 7. The van der Waals surface area contributed by atoms with E-state index in [0.29, 0.717) is 34.2 Å². The number of anilines is 1. The number of aryl methyl sites for hydroxylation is 2. The standard InChI is InChI=1S/C23H22N4O3S/c1-4-30-22(29)20-16(3)31-23(26-20)27(13-12-17-8-6-5-7-9-17)21(28)19-11-10-18(14-24)15(2)25-19/h5-11H,4,12-13H2,1-3H3. The van der Waals surface area contributed by atoms with E-state index >= 15 is 0 Å². The molecule has 0 N–H and O–H groups in total. The number of esters is 1. The summed E-state index contributed by atoms with van der Waals surface area (Å²) in [5.74, 6) is -0.849. The zero-order chi connectivity index (χ0) is 22.4. The van der Waals surface area contributed by atoms with Gasteiger partial charge < -0.3 is 4.74 Å². The van der Waals surface area contributed by atoms with Crippen LogP contribution in [0, 0.1) is 25.2 Å². The van der Waals surface area contributed by atoms with Crippen LogP contribution in [0.1, 0.15) is 49.6 Å². The molecule has 0 atom stereocenters. The second-order valence-corrected chi connectivity index (χ2v) is 7.94. The van der Waals surface area contributed by atoms with Crippen LogP contribution in [-0.2, 0) is 11.2 Å². The molecule has 2 heterocycles. The lowest BCUT2D eigenvalue weighted by molar-refractivity contribution is 0.0519. The fraction of sp³-hybridized carbons (Fsp3) is 0.261. The SMILES string of the molecule is CCOC(=O)c1nc(N(CCc2ccccc2)C(=O)c2ccc(C#N)c(C)n2)sc1C. The van der Waals surface area contributed by atoms with Gasteiger partial charge in [0.15, 0.2) is 10.8 Å². The Morgan fingerprint density at radius 1 is 1.13 bits per heavy atom. The molecule has 0 unspecified atom stereocenters. The lowest BCUT2D eigenvalue weighted by Crippen LogP contribution is -2.33. The van der Waals surface area contributed by atoms with Crippen molar-refractivity contribution in [2.45, 2.75) is 27.2 Å². The van der Waals surface area contributed by atoms with Crippen molar-refractivity contribution in [3.05, 3.63) is 75.6 Å². The monoisotopic (exact) mass is 434 g/mol. The molecule has 8 heteroatoms. The minimum Gasteiger partial charge on any atom is -0.461 e. The summed E-state index contributed by atoms with van der Waals surface area (Å²) in [6.07, 6.45) is 0.606. The first-order valence-electron chi connectivity index (χ1n) is 9.82.